The van der Waals surface area contributed by atoms with Gasteiger partial charge >= 0.3 is 5.97 Å². The van der Waals surface area contributed by atoms with Crippen molar-refractivity contribution in [3.8, 4) is 11.3 Å². The number of hydrogen-bond donors (Lipinski definition) is 2. The fourth-order valence-corrected chi connectivity index (χ4v) is 4.15. The van der Waals surface area contributed by atoms with Crippen molar-refractivity contribution in [3.05, 3.63) is 75.4 Å². The van der Waals surface area contributed by atoms with Crippen LogP contribution in [0.4, 0.5) is 18.3 Å². The maximum Gasteiger partial charge on any atom is 0.331 e. The van der Waals surface area contributed by atoms with Crippen molar-refractivity contribution < 1.29 is 32.6 Å². The zero-order valence-electron chi connectivity index (χ0n) is 20.4. The van der Waals surface area contributed by atoms with Gasteiger partial charge in [0.25, 0.3) is 5.91 Å². The van der Waals surface area contributed by atoms with E-state index in [2.05, 4.69) is 17.2 Å². The molecule has 1 amide bonds. The van der Waals surface area contributed by atoms with Gasteiger partial charge < -0.3 is 9.84 Å². The summed E-state index contributed by atoms with van der Waals surface area (Å²) in [5, 5.41) is 13.1. The predicted molar refractivity (Wildman–Crippen MR) is 137 cm³/mol. The molecule has 0 aliphatic rings. The summed E-state index contributed by atoms with van der Waals surface area (Å²) in [5.74, 6) is -4.70. The van der Waals surface area contributed by atoms with Gasteiger partial charge in [0.2, 0.25) is 0 Å². The minimum Gasteiger partial charge on any atom is -0.478 e. The minimum atomic E-state index is -1.32. The van der Waals surface area contributed by atoms with E-state index < -0.39 is 34.9 Å². The number of nitrogens with zero attached hydrogens (tertiary/aromatic N) is 1. The number of aliphatic carboxylic acids is 1. The zero-order chi connectivity index (χ0) is 26.9. The number of carbonyl (C=O) groups excluding carboxylic acids is 1. The lowest BCUT2D eigenvalue weighted by Crippen LogP contribution is -2.13. The molecule has 0 radical (unpaired) electrons. The summed E-state index contributed by atoms with van der Waals surface area (Å²) in [6.07, 6.45) is 4.09. The monoisotopic (exact) mass is 532 g/mol. The van der Waals surface area contributed by atoms with Crippen molar-refractivity contribution in [1.82, 2.24) is 4.98 Å². The van der Waals surface area contributed by atoms with Crippen molar-refractivity contribution in [2.75, 3.05) is 18.5 Å². The Kier molecular flexibility index (Phi) is 9.99. The molecule has 6 nitrogen and oxygen atoms in total. The first-order valence-corrected chi connectivity index (χ1v) is 12.6. The van der Waals surface area contributed by atoms with E-state index in [1.165, 1.54) is 6.92 Å². The molecule has 0 fully saturated rings. The van der Waals surface area contributed by atoms with Crippen LogP contribution in [0.5, 0.6) is 0 Å². The number of thiazole rings is 1. The summed E-state index contributed by atoms with van der Waals surface area (Å²) in [6, 6.07) is 6.65. The Balaban J connectivity index is 1.70. The lowest BCUT2D eigenvalue weighted by Gasteiger charge is -2.08. The molecule has 0 saturated heterocycles. The van der Waals surface area contributed by atoms with Gasteiger partial charge in [-0.15, -0.1) is 11.3 Å². The van der Waals surface area contributed by atoms with Crippen LogP contribution in [-0.4, -0.2) is 35.2 Å². The molecule has 3 aromatic rings. The highest BCUT2D eigenvalue weighted by Gasteiger charge is 2.18. The lowest BCUT2D eigenvalue weighted by atomic mass is 10.0. The van der Waals surface area contributed by atoms with Gasteiger partial charge in [-0.25, -0.2) is 22.9 Å². The van der Waals surface area contributed by atoms with E-state index in [1.807, 2.05) is 0 Å². The van der Waals surface area contributed by atoms with Gasteiger partial charge in [0.05, 0.1) is 5.69 Å². The van der Waals surface area contributed by atoms with Crippen molar-refractivity contribution in [2.45, 2.75) is 39.5 Å². The van der Waals surface area contributed by atoms with Crippen molar-refractivity contribution in [3.63, 3.8) is 0 Å². The summed E-state index contributed by atoms with van der Waals surface area (Å²) in [7, 11) is 0. The summed E-state index contributed by atoms with van der Waals surface area (Å²) in [4.78, 5) is 27.8. The fraction of sp³-hybridized carbons (Fsp3) is 0.296. The highest BCUT2D eigenvalue weighted by atomic mass is 32.1. The van der Waals surface area contributed by atoms with Gasteiger partial charge in [-0.3, -0.25) is 10.1 Å². The summed E-state index contributed by atoms with van der Waals surface area (Å²) < 4.78 is 49.4. The highest BCUT2D eigenvalue weighted by Crippen LogP contribution is 2.29. The average molecular weight is 533 g/mol. The van der Waals surface area contributed by atoms with E-state index in [0.29, 0.717) is 37.3 Å². The van der Waals surface area contributed by atoms with Gasteiger partial charge in [-0.1, -0.05) is 25.5 Å². The van der Waals surface area contributed by atoms with E-state index in [1.54, 1.807) is 23.6 Å². The maximum atomic E-state index is 15.1. The number of ether oxygens (including phenoxy) is 1. The van der Waals surface area contributed by atoms with Crippen molar-refractivity contribution >= 4 is 34.4 Å². The molecule has 2 N–H and O–H groups in total. The molecule has 3 rings (SSSR count). The Morgan fingerprint density at radius 1 is 1.14 bits per heavy atom. The van der Waals surface area contributed by atoms with E-state index in [9.17, 15) is 18.4 Å². The van der Waals surface area contributed by atoms with Crippen LogP contribution in [0.15, 0.2) is 41.3 Å². The third-order valence-corrected chi connectivity index (χ3v) is 6.25. The van der Waals surface area contributed by atoms with E-state index in [4.69, 9.17) is 9.84 Å². The Hall–Kier alpha value is -3.50. The third-order valence-electron chi connectivity index (χ3n) is 5.50. The number of carbonyl (C=O) groups is 2. The van der Waals surface area contributed by atoms with Crippen LogP contribution in [0.3, 0.4) is 0 Å². The summed E-state index contributed by atoms with van der Waals surface area (Å²) in [5.41, 5.74) is 0.00131. The van der Waals surface area contributed by atoms with Crippen LogP contribution in [0.25, 0.3) is 17.3 Å². The first-order chi connectivity index (χ1) is 17.7. The van der Waals surface area contributed by atoms with Crippen molar-refractivity contribution in [1.29, 1.82) is 0 Å². The van der Waals surface area contributed by atoms with E-state index in [-0.39, 0.29) is 21.8 Å². The summed E-state index contributed by atoms with van der Waals surface area (Å²) in [6.45, 7) is 4.52. The van der Waals surface area contributed by atoms with Crippen LogP contribution in [0.1, 0.15) is 54.6 Å². The van der Waals surface area contributed by atoms with Gasteiger partial charge in [0, 0.05) is 40.9 Å². The molecule has 0 atom stereocenters. The smallest absolute Gasteiger partial charge is 0.331 e. The minimum absolute atomic E-state index is 0.126. The normalized spacial score (nSPS) is 11.5. The Labute approximate surface area is 216 Å². The molecule has 0 aliphatic carbocycles. The number of carboxylic acid groups (broad SMARTS) is 1. The van der Waals surface area contributed by atoms with E-state index >= 15 is 4.39 Å². The van der Waals surface area contributed by atoms with Gasteiger partial charge in [0.1, 0.15) is 17.5 Å². The topological polar surface area (TPSA) is 88.5 Å². The number of nitrogens with one attached hydrogen (secondary N) is 1. The number of hydrogen-bond acceptors (Lipinski definition) is 5. The number of anilines is 1. The highest BCUT2D eigenvalue weighted by molar-refractivity contribution is 7.14. The molecule has 0 saturated carbocycles. The third kappa shape index (κ3) is 7.50. The number of amides is 1. The number of aryl methyl sites for hydroxylation is 1. The molecule has 0 aliphatic heterocycles. The quantitative estimate of drug-likeness (QED) is 0.200. The van der Waals surface area contributed by atoms with Crippen molar-refractivity contribution in [2.24, 2.45) is 0 Å². The number of unbranched alkanes of at least 4 members (excludes halogenated alkanes) is 1. The zero-order valence-corrected chi connectivity index (χ0v) is 21.3. The molecular weight excluding hydrogens is 505 g/mol. The van der Waals surface area contributed by atoms with Gasteiger partial charge in [0.15, 0.2) is 5.13 Å². The molecule has 1 aromatic heterocycles. The number of rotatable bonds is 12. The molecule has 0 unspecified atom stereocenters. The molecule has 1 heterocycles. The molecule has 196 valence electrons. The molecular formula is C27H27F3N2O4S. The Morgan fingerprint density at radius 2 is 1.84 bits per heavy atom. The standard InChI is InChI=1S/C27H27F3N2O4S/c1-3-4-10-36-11-6-8-17-7-5-9-19(24(17)30)23-15-37-27(31-23)32-25(33)18-13-21(28)20(22(29)14-18)12-16(2)26(34)35/h5,7,9,12-15H,3-4,6,8,10-11H2,1-2H3,(H,34,35)(H,31,32,33)/b16-12+. The van der Waals surface area contributed by atoms with Crippen LogP contribution in [-0.2, 0) is 16.0 Å². The maximum absolute atomic E-state index is 15.1. The van der Waals surface area contributed by atoms with E-state index in [0.717, 1.165) is 42.4 Å². The molecule has 2 aromatic carbocycles. The Morgan fingerprint density at radius 3 is 2.51 bits per heavy atom. The molecule has 10 heteroatoms. The first-order valence-electron chi connectivity index (χ1n) is 11.7. The SMILES string of the molecule is CCCCOCCCc1cccc(-c2csc(NC(=O)c3cc(F)c(/C=C(\C)C(=O)O)c(F)c3)n2)c1F. The van der Waals surface area contributed by atoms with Crippen LogP contribution >= 0.6 is 11.3 Å². The first kappa shape index (κ1) is 28.1. The van der Waals surface area contributed by atoms with Crippen LogP contribution < -0.4 is 5.32 Å². The number of benzene rings is 2. The van der Waals surface area contributed by atoms with Crippen LogP contribution in [0.2, 0.25) is 0 Å². The molecule has 0 bridgehead atoms. The fourth-order valence-electron chi connectivity index (χ4n) is 3.44. The molecule has 37 heavy (non-hydrogen) atoms. The van der Waals surface area contributed by atoms with Crippen LogP contribution in [0, 0.1) is 17.5 Å². The average Bonchev–Trinajstić information content (AvgIpc) is 3.32. The number of aromatic nitrogens is 1. The van der Waals surface area contributed by atoms with Gasteiger partial charge in [-0.05, 0) is 56.0 Å². The second-order valence-electron chi connectivity index (χ2n) is 8.33. The lowest BCUT2D eigenvalue weighted by molar-refractivity contribution is -0.132. The largest absolute Gasteiger partial charge is 0.478 e. The van der Waals surface area contributed by atoms with Gasteiger partial charge in [-0.2, -0.15) is 0 Å². The number of carboxylic acids is 1. The molecule has 0 spiro atoms. The second-order valence-corrected chi connectivity index (χ2v) is 9.18. The second kappa shape index (κ2) is 13.2. The summed E-state index contributed by atoms with van der Waals surface area (Å²) >= 11 is 1.04. The predicted octanol–water partition coefficient (Wildman–Crippen LogP) is 6.72. The Bertz CT molecular complexity index is 1280. The number of halogens is 3.